The number of aromatic nitrogens is 2. The summed E-state index contributed by atoms with van der Waals surface area (Å²) in [5.41, 5.74) is 0.330. The summed E-state index contributed by atoms with van der Waals surface area (Å²) in [6.07, 6.45) is 2.92. The topological polar surface area (TPSA) is 42.9 Å². The Morgan fingerprint density at radius 2 is 2.00 bits per heavy atom. The van der Waals surface area contributed by atoms with Crippen LogP contribution in [-0.2, 0) is 6.42 Å². The lowest BCUT2D eigenvalue weighted by atomic mass is 10.1. The molecule has 2 aromatic rings. The summed E-state index contributed by atoms with van der Waals surface area (Å²) in [5.74, 6) is -0.605. The highest BCUT2D eigenvalue weighted by atomic mass is 79.9. The minimum atomic E-state index is -0.405. The van der Waals surface area contributed by atoms with Gasteiger partial charge in [-0.2, -0.15) is 0 Å². The Morgan fingerprint density at radius 3 is 2.71 bits per heavy atom. The molecule has 0 unspecified atom stereocenters. The van der Waals surface area contributed by atoms with E-state index in [1.54, 1.807) is 18.2 Å². The summed E-state index contributed by atoms with van der Waals surface area (Å²) in [6.45, 7) is 0. The molecule has 2 rings (SSSR count). The quantitative estimate of drug-likeness (QED) is 0.818. The van der Waals surface area contributed by atoms with E-state index < -0.39 is 5.82 Å². The molecule has 17 heavy (non-hydrogen) atoms. The number of Topliss-reactive ketones (excluding diaryl/α,β-unsaturated/α-hetero) is 1. The molecule has 1 heterocycles. The van der Waals surface area contributed by atoms with Crippen LogP contribution >= 0.6 is 15.9 Å². The number of halogens is 2. The maximum Gasteiger partial charge on any atom is 0.204 e. The van der Waals surface area contributed by atoms with Crippen LogP contribution in [0.5, 0.6) is 0 Å². The van der Waals surface area contributed by atoms with Crippen molar-refractivity contribution in [3.05, 3.63) is 58.3 Å². The molecular weight excluding hydrogens is 287 g/mol. The summed E-state index contributed by atoms with van der Waals surface area (Å²) in [6, 6.07) is 6.10. The maximum absolute atomic E-state index is 13.4. The molecule has 0 spiro atoms. The number of carbonyl (C=O) groups excluding carboxylic acids is 1. The third-order valence-electron chi connectivity index (χ3n) is 2.17. The van der Waals surface area contributed by atoms with Crippen LogP contribution < -0.4 is 0 Å². The lowest BCUT2D eigenvalue weighted by molar-refractivity contribution is 0.0982. The summed E-state index contributed by atoms with van der Waals surface area (Å²) in [5, 5.41) is 0. The molecule has 0 fully saturated rings. The van der Waals surface area contributed by atoms with Gasteiger partial charge >= 0.3 is 0 Å². The third kappa shape index (κ3) is 2.94. The lowest BCUT2D eigenvalue weighted by Crippen LogP contribution is -2.09. The van der Waals surface area contributed by atoms with E-state index in [0.717, 1.165) is 4.47 Å². The third-order valence-corrected chi connectivity index (χ3v) is 2.67. The Bertz CT molecular complexity index is 545. The largest absolute Gasteiger partial charge is 0.290 e. The van der Waals surface area contributed by atoms with Gasteiger partial charge in [0.05, 0.1) is 0 Å². The SMILES string of the molecule is O=C(Cc1cc(Br)ccc1F)c1ncccn1. The second kappa shape index (κ2) is 5.14. The Kier molecular flexibility index (Phi) is 3.58. The predicted molar refractivity (Wildman–Crippen MR) is 64.2 cm³/mol. The molecule has 0 aliphatic heterocycles. The molecule has 0 radical (unpaired) electrons. The average molecular weight is 295 g/mol. The highest BCUT2D eigenvalue weighted by Gasteiger charge is 2.12. The maximum atomic E-state index is 13.4. The van der Waals surface area contributed by atoms with Gasteiger partial charge in [0.1, 0.15) is 5.82 Å². The molecule has 5 heteroatoms. The first-order valence-electron chi connectivity index (χ1n) is 4.91. The van der Waals surface area contributed by atoms with Crippen molar-refractivity contribution in [2.75, 3.05) is 0 Å². The molecule has 0 N–H and O–H groups in total. The van der Waals surface area contributed by atoms with E-state index in [4.69, 9.17) is 0 Å². The van der Waals surface area contributed by atoms with Crippen LogP contribution in [0.4, 0.5) is 4.39 Å². The Morgan fingerprint density at radius 1 is 1.29 bits per heavy atom. The minimum Gasteiger partial charge on any atom is -0.290 e. The van der Waals surface area contributed by atoms with Gasteiger partial charge in [0.2, 0.25) is 5.78 Å². The van der Waals surface area contributed by atoms with E-state index in [2.05, 4.69) is 25.9 Å². The zero-order valence-electron chi connectivity index (χ0n) is 8.73. The summed E-state index contributed by atoms with van der Waals surface area (Å²) < 4.78 is 14.2. The first-order chi connectivity index (χ1) is 8.16. The Hall–Kier alpha value is -1.62. The fourth-order valence-corrected chi connectivity index (χ4v) is 1.78. The Balaban J connectivity index is 2.22. The highest BCUT2D eigenvalue weighted by molar-refractivity contribution is 9.10. The van der Waals surface area contributed by atoms with E-state index in [0.29, 0.717) is 5.56 Å². The van der Waals surface area contributed by atoms with Gasteiger partial charge in [-0.3, -0.25) is 4.79 Å². The fraction of sp³-hybridized carbons (Fsp3) is 0.0833. The molecular formula is C12H8BrFN2O. The van der Waals surface area contributed by atoms with Gasteiger partial charge in [-0.15, -0.1) is 0 Å². The predicted octanol–water partition coefficient (Wildman–Crippen LogP) is 2.80. The zero-order valence-corrected chi connectivity index (χ0v) is 10.3. The van der Waals surface area contributed by atoms with Gasteiger partial charge in [-0.05, 0) is 29.8 Å². The summed E-state index contributed by atoms with van der Waals surface area (Å²) >= 11 is 3.23. The smallest absolute Gasteiger partial charge is 0.204 e. The van der Waals surface area contributed by atoms with E-state index in [1.807, 2.05) is 0 Å². The molecule has 0 amide bonds. The summed E-state index contributed by atoms with van der Waals surface area (Å²) in [4.78, 5) is 19.4. The second-order valence-corrected chi connectivity index (χ2v) is 4.32. The van der Waals surface area contributed by atoms with Gasteiger partial charge in [0, 0.05) is 23.3 Å². The monoisotopic (exact) mass is 294 g/mol. The number of rotatable bonds is 3. The van der Waals surface area contributed by atoms with Crippen LogP contribution in [0.15, 0.2) is 41.1 Å². The highest BCUT2D eigenvalue weighted by Crippen LogP contribution is 2.16. The fourth-order valence-electron chi connectivity index (χ4n) is 1.37. The van der Waals surface area contributed by atoms with Crippen molar-refractivity contribution in [3.63, 3.8) is 0 Å². The van der Waals surface area contributed by atoms with Gasteiger partial charge in [0.15, 0.2) is 5.82 Å². The second-order valence-electron chi connectivity index (χ2n) is 3.41. The molecule has 0 aliphatic carbocycles. The minimum absolute atomic E-state index is 0.0463. The standard InChI is InChI=1S/C12H8BrFN2O/c13-9-2-3-10(14)8(6-9)7-11(17)12-15-4-1-5-16-12/h1-6H,7H2. The first-order valence-corrected chi connectivity index (χ1v) is 5.70. The van der Waals surface area contributed by atoms with Gasteiger partial charge in [-0.25, -0.2) is 14.4 Å². The van der Waals surface area contributed by atoms with Crippen molar-refractivity contribution in [1.29, 1.82) is 0 Å². The van der Waals surface area contributed by atoms with E-state index in [9.17, 15) is 9.18 Å². The first kappa shape index (κ1) is 11.9. The zero-order chi connectivity index (χ0) is 12.3. The van der Waals surface area contributed by atoms with Crippen LogP contribution in [0.1, 0.15) is 16.2 Å². The van der Waals surface area contributed by atoms with Crippen LogP contribution in [-0.4, -0.2) is 15.8 Å². The molecule has 0 bridgehead atoms. The molecule has 1 aromatic heterocycles. The van der Waals surface area contributed by atoms with E-state index in [1.165, 1.54) is 18.5 Å². The number of ketones is 1. The van der Waals surface area contributed by atoms with Crippen molar-refractivity contribution < 1.29 is 9.18 Å². The molecule has 86 valence electrons. The number of hydrogen-bond acceptors (Lipinski definition) is 3. The number of benzene rings is 1. The molecule has 0 atom stereocenters. The molecule has 0 saturated heterocycles. The lowest BCUT2D eigenvalue weighted by Gasteiger charge is -2.02. The van der Waals surface area contributed by atoms with Crippen LogP contribution in [0, 0.1) is 5.82 Å². The van der Waals surface area contributed by atoms with Gasteiger partial charge in [0.25, 0.3) is 0 Å². The number of hydrogen-bond donors (Lipinski definition) is 0. The molecule has 1 aromatic carbocycles. The number of carbonyl (C=O) groups is 1. The van der Waals surface area contributed by atoms with Crippen molar-refractivity contribution in [2.24, 2.45) is 0 Å². The normalized spacial score (nSPS) is 10.2. The van der Waals surface area contributed by atoms with Crippen LogP contribution in [0.2, 0.25) is 0 Å². The Labute approximate surface area is 106 Å². The van der Waals surface area contributed by atoms with E-state index >= 15 is 0 Å². The van der Waals surface area contributed by atoms with Crippen molar-refractivity contribution in [1.82, 2.24) is 9.97 Å². The van der Waals surface area contributed by atoms with Crippen LogP contribution in [0.25, 0.3) is 0 Å². The van der Waals surface area contributed by atoms with Gasteiger partial charge in [-0.1, -0.05) is 15.9 Å². The molecule has 0 aliphatic rings. The van der Waals surface area contributed by atoms with Gasteiger partial charge < -0.3 is 0 Å². The van der Waals surface area contributed by atoms with E-state index in [-0.39, 0.29) is 18.0 Å². The molecule has 0 saturated carbocycles. The van der Waals surface area contributed by atoms with Crippen molar-refractivity contribution in [3.8, 4) is 0 Å². The van der Waals surface area contributed by atoms with Crippen molar-refractivity contribution >= 4 is 21.7 Å². The molecule has 3 nitrogen and oxygen atoms in total. The number of nitrogens with zero attached hydrogens (tertiary/aromatic N) is 2. The van der Waals surface area contributed by atoms with Crippen LogP contribution in [0.3, 0.4) is 0 Å². The summed E-state index contributed by atoms with van der Waals surface area (Å²) in [7, 11) is 0. The van der Waals surface area contributed by atoms with Crippen molar-refractivity contribution in [2.45, 2.75) is 6.42 Å². The average Bonchev–Trinajstić information content (AvgIpc) is 2.35.